The summed E-state index contributed by atoms with van der Waals surface area (Å²) < 4.78 is 27.1. The minimum Gasteiger partial charge on any atom is -0.280 e. The van der Waals surface area contributed by atoms with Gasteiger partial charge in [0.2, 0.25) is 4.77 Å². The van der Waals surface area contributed by atoms with Crippen molar-refractivity contribution < 1.29 is 8.42 Å². The number of sulfone groups is 1. The highest BCUT2D eigenvalue weighted by Crippen LogP contribution is 2.18. The third-order valence-corrected chi connectivity index (χ3v) is 6.22. The number of para-hydroxylation sites is 1. The standard InChI is InChI=1S/C14H19N5O2S2/c1-2-17(13-8-9-23(20,21)10-13)11-18-14(22)19(16-15-18)12-6-4-3-5-7-12/h3-7,13H,2,8-11H2,1H3/t13-/m1/s1. The number of rotatable bonds is 5. The van der Waals surface area contributed by atoms with Gasteiger partial charge in [0, 0.05) is 6.04 Å². The molecule has 0 aliphatic carbocycles. The molecule has 7 nitrogen and oxygen atoms in total. The Balaban J connectivity index is 1.80. The number of nitrogens with zero attached hydrogens (tertiary/aromatic N) is 5. The highest BCUT2D eigenvalue weighted by Gasteiger charge is 2.32. The Hall–Kier alpha value is -1.58. The predicted octanol–water partition coefficient (Wildman–Crippen LogP) is 1.26. The van der Waals surface area contributed by atoms with E-state index in [0.717, 1.165) is 12.2 Å². The molecule has 0 N–H and O–H groups in total. The first kappa shape index (κ1) is 16.3. The molecule has 1 aliphatic rings. The van der Waals surface area contributed by atoms with Crippen molar-refractivity contribution >= 4 is 22.1 Å². The fraction of sp³-hybridized carbons (Fsp3) is 0.500. The fourth-order valence-electron chi connectivity index (χ4n) is 2.80. The Morgan fingerprint density at radius 3 is 2.65 bits per heavy atom. The lowest BCUT2D eigenvalue weighted by molar-refractivity contribution is 0.162. The lowest BCUT2D eigenvalue weighted by Gasteiger charge is -2.25. The molecule has 1 fully saturated rings. The quantitative estimate of drug-likeness (QED) is 0.754. The monoisotopic (exact) mass is 353 g/mol. The van der Waals surface area contributed by atoms with Crippen LogP contribution >= 0.6 is 12.2 Å². The molecule has 3 rings (SSSR count). The summed E-state index contributed by atoms with van der Waals surface area (Å²) in [6, 6.07) is 9.60. The first-order valence-electron chi connectivity index (χ1n) is 7.53. The van der Waals surface area contributed by atoms with Gasteiger partial charge in [-0.2, -0.15) is 4.68 Å². The summed E-state index contributed by atoms with van der Waals surface area (Å²) >= 11 is 5.45. The summed E-state index contributed by atoms with van der Waals surface area (Å²) in [5.41, 5.74) is 0.857. The van der Waals surface area contributed by atoms with E-state index >= 15 is 0 Å². The molecule has 0 amide bonds. The SMILES string of the molecule is CCN(Cn1nnn(-c2ccccc2)c1=S)[C@@H]1CCS(=O)(=O)C1. The summed E-state index contributed by atoms with van der Waals surface area (Å²) in [6.45, 7) is 3.19. The molecule has 2 heterocycles. The van der Waals surface area contributed by atoms with E-state index in [0.29, 0.717) is 17.9 Å². The van der Waals surface area contributed by atoms with E-state index in [1.807, 2.05) is 37.3 Å². The number of aromatic nitrogens is 4. The summed E-state index contributed by atoms with van der Waals surface area (Å²) in [7, 11) is -2.91. The summed E-state index contributed by atoms with van der Waals surface area (Å²) in [5.74, 6) is 0.469. The van der Waals surface area contributed by atoms with E-state index in [9.17, 15) is 8.42 Å². The number of hydrogen-bond donors (Lipinski definition) is 0. The molecule has 1 atom stereocenters. The maximum Gasteiger partial charge on any atom is 0.221 e. The summed E-state index contributed by atoms with van der Waals surface area (Å²) in [4.78, 5) is 2.09. The Morgan fingerprint density at radius 2 is 2.04 bits per heavy atom. The van der Waals surface area contributed by atoms with Crippen LogP contribution in [0.1, 0.15) is 13.3 Å². The van der Waals surface area contributed by atoms with Gasteiger partial charge in [-0.05, 0) is 47.7 Å². The maximum atomic E-state index is 11.7. The van der Waals surface area contributed by atoms with Gasteiger partial charge in [0.15, 0.2) is 9.84 Å². The minimum atomic E-state index is -2.91. The second kappa shape index (κ2) is 6.50. The fourth-order valence-corrected chi connectivity index (χ4v) is 4.80. The molecule has 0 unspecified atom stereocenters. The van der Waals surface area contributed by atoms with Crippen molar-refractivity contribution in [2.45, 2.75) is 26.1 Å². The van der Waals surface area contributed by atoms with Crippen LogP contribution in [0, 0.1) is 4.77 Å². The van der Waals surface area contributed by atoms with E-state index in [2.05, 4.69) is 15.3 Å². The van der Waals surface area contributed by atoms with Gasteiger partial charge in [-0.3, -0.25) is 4.90 Å². The molecule has 1 aromatic heterocycles. The van der Waals surface area contributed by atoms with E-state index < -0.39 is 9.84 Å². The second-order valence-corrected chi connectivity index (χ2v) is 8.21. The molecule has 2 aromatic rings. The Labute approximate surface area is 140 Å². The van der Waals surface area contributed by atoms with Crippen molar-refractivity contribution in [3.05, 3.63) is 35.1 Å². The van der Waals surface area contributed by atoms with Crippen molar-refractivity contribution in [1.82, 2.24) is 24.7 Å². The molecular weight excluding hydrogens is 334 g/mol. The second-order valence-electron chi connectivity index (χ2n) is 5.61. The summed E-state index contributed by atoms with van der Waals surface area (Å²) in [6.07, 6.45) is 0.663. The summed E-state index contributed by atoms with van der Waals surface area (Å²) in [5, 5.41) is 8.23. The van der Waals surface area contributed by atoms with Crippen LogP contribution in [0.25, 0.3) is 5.69 Å². The minimum absolute atomic E-state index is 0.0220. The van der Waals surface area contributed by atoms with Crippen LogP contribution in [0.4, 0.5) is 0 Å². The first-order chi connectivity index (χ1) is 11.0. The van der Waals surface area contributed by atoms with Gasteiger partial charge in [0.1, 0.15) is 0 Å². The van der Waals surface area contributed by atoms with Crippen molar-refractivity contribution in [3.63, 3.8) is 0 Å². The molecule has 0 spiro atoms. The van der Waals surface area contributed by atoms with Crippen molar-refractivity contribution in [2.24, 2.45) is 0 Å². The van der Waals surface area contributed by atoms with Crippen LogP contribution in [-0.4, -0.2) is 57.2 Å². The molecule has 1 saturated heterocycles. The smallest absolute Gasteiger partial charge is 0.221 e. The normalized spacial score (nSPS) is 20.2. The highest BCUT2D eigenvalue weighted by atomic mass is 32.2. The molecule has 0 bridgehead atoms. The van der Waals surface area contributed by atoms with Crippen LogP contribution in [-0.2, 0) is 16.5 Å². The number of hydrogen-bond acceptors (Lipinski definition) is 6. The zero-order chi connectivity index (χ0) is 16.4. The van der Waals surface area contributed by atoms with E-state index in [4.69, 9.17) is 12.2 Å². The van der Waals surface area contributed by atoms with E-state index in [-0.39, 0.29) is 17.5 Å². The first-order valence-corrected chi connectivity index (χ1v) is 9.76. The molecule has 1 aromatic carbocycles. The average Bonchev–Trinajstić information content (AvgIpc) is 3.08. The lowest BCUT2D eigenvalue weighted by Crippen LogP contribution is -2.37. The van der Waals surface area contributed by atoms with Crippen LogP contribution in [0.5, 0.6) is 0 Å². The van der Waals surface area contributed by atoms with Crippen molar-refractivity contribution in [1.29, 1.82) is 0 Å². The van der Waals surface area contributed by atoms with Gasteiger partial charge in [-0.15, -0.1) is 0 Å². The highest BCUT2D eigenvalue weighted by molar-refractivity contribution is 7.91. The number of tetrazole rings is 1. The van der Waals surface area contributed by atoms with Gasteiger partial charge < -0.3 is 0 Å². The zero-order valence-electron chi connectivity index (χ0n) is 12.9. The molecule has 0 radical (unpaired) electrons. The van der Waals surface area contributed by atoms with Gasteiger partial charge in [0.25, 0.3) is 0 Å². The Bertz CT molecular complexity index is 828. The molecule has 23 heavy (non-hydrogen) atoms. The molecule has 9 heteroatoms. The average molecular weight is 353 g/mol. The Morgan fingerprint density at radius 1 is 1.30 bits per heavy atom. The van der Waals surface area contributed by atoms with Crippen LogP contribution < -0.4 is 0 Å². The lowest BCUT2D eigenvalue weighted by atomic mass is 10.2. The maximum absolute atomic E-state index is 11.7. The van der Waals surface area contributed by atoms with Gasteiger partial charge in [0.05, 0.1) is 23.9 Å². The van der Waals surface area contributed by atoms with Gasteiger partial charge in [-0.1, -0.05) is 25.1 Å². The third-order valence-electron chi connectivity index (χ3n) is 4.09. The van der Waals surface area contributed by atoms with Crippen LogP contribution in [0.2, 0.25) is 0 Å². The van der Waals surface area contributed by atoms with Gasteiger partial charge in [-0.25, -0.2) is 13.1 Å². The molecule has 1 aliphatic heterocycles. The van der Waals surface area contributed by atoms with E-state index in [1.165, 1.54) is 0 Å². The largest absolute Gasteiger partial charge is 0.280 e. The van der Waals surface area contributed by atoms with Crippen molar-refractivity contribution in [2.75, 3.05) is 18.1 Å². The molecular formula is C14H19N5O2S2. The van der Waals surface area contributed by atoms with Gasteiger partial charge >= 0.3 is 0 Å². The molecule has 124 valence electrons. The molecule has 0 saturated carbocycles. The third kappa shape index (κ3) is 3.51. The number of benzene rings is 1. The predicted molar refractivity (Wildman–Crippen MR) is 89.6 cm³/mol. The zero-order valence-corrected chi connectivity index (χ0v) is 14.5. The topological polar surface area (TPSA) is 73.0 Å². The Kier molecular flexibility index (Phi) is 4.60. The van der Waals surface area contributed by atoms with Crippen LogP contribution in [0.3, 0.4) is 0 Å². The van der Waals surface area contributed by atoms with E-state index in [1.54, 1.807) is 9.36 Å². The van der Waals surface area contributed by atoms with Crippen LogP contribution in [0.15, 0.2) is 30.3 Å². The van der Waals surface area contributed by atoms with Crippen molar-refractivity contribution in [3.8, 4) is 5.69 Å².